The normalized spacial score (nSPS) is 18.4. The summed E-state index contributed by atoms with van der Waals surface area (Å²) >= 11 is 0. The van der Waals surface area contributed by atoms with Gasteiger partial charge in [-0.15, -0.1) is 0 Å². The molecular formula is C66H74F9N11O5. The number of likely N-dealkylation sites (N-methyl/N-ethyl adjacent to an activating group) is 1. The topological polar surface area (TPSA) is 134 Å². The Balaban J connectivity index is 0.864. The monoisotopic (exact) mass is 1270 g/mol. The Hall–Kier alpha value is -7.55. The second-order valence-electron chi connectivity index (χ2n) is 24.0. The van der Waals surface area contributed by atoms with Crippen LogP contribution in [0.25, 0.3) is 22.3 Å². The van der Waals surface area contributed by atoms with Crippen molar-refractivity contribution in [1.29, 1.82) is 0 Å². The lowest BCUT2D eigenvalue weighted by atomic mass is 9.96. The van der Waals surface area contributed by atoms with E-state index in [1.165, 1.54) is 26.4 Å². The summed E-state index contributed by atoms with van der Waals surface area (Å²) in [5, 5.41) is 5.44. The standard InChI is InChI=1S/C66H74F9N11O5/c1-80-18-22-85(23-19-80)59-9-6-44(34-58(59)79-64(88)52-38-77-62(90-3)36-54(52)66(73,74)75)50-31-45(40-82-14-10-47(67)11-15-82)46(32-56(50)69)41-83-20-24-86(25-21-83)60-8-5-43(33-57(60)78-63(87)51-37-76-61(89-2)35-53(51)65(70,71)72)49-30-42(4-7-55(49)68)39-81-16-12-48(13-17-81)84-26-28-91-29-27-84/h4-9,30-38,47-48H,10-29,39-41H2,1-3H3,(H,78,87)(H,79,88). The minimum absolute atomic E-state index is 0.134. The van der Waals surface area contributed by atoms with Crippen LogP contribution in [0.1, 0.15) is 74.2 Å². The number of rotatable bonds is 17. The largest absolute Gasteiger partial charge is 0.481 e. The number of benzene rings is 4. The molecule has 0 radical (unpaired) electrons. The molecule has 0 unspecified atom stereocenters. The lowest BCUT2D eigenvalue weighted by molar-refractivity contribution is -0.138. The van der Waals surface area contributed by atoms with Gasteiger partial charge in [-0.05, 0) is 122 Å². The first-order valence-corrected chi connectivity index (χ1v) is 30.7. The number of piperidine rings is 2. The number of anilines is 4. The quantitative estimate of drug-likeness (QED) is 0.0839. The molecular weight excluding hydrogens is 1200 g/mol. The first-order valence-electron chi connectivity index (χ1n) is 30.7. The van der Waals surface area contributed by atoms with Crippen molar-refractivity contribution in [3.8, 4) is 34.0 Å². The number of aromatic nitrogens is 2. The maximum absolute atomic E-state index is 17.1. The highest BCUT2D eigenvalue weighted by molar-refractivity contribution is 6.08. The van der Waals surface area contributed by atoms with E-state index in [9.17, 15) is 40.3 Å². The Morgan fingerprint density at radius 1 is 0.549 bits per heavy atom. The molecule has 0 aliphatic carbocycles. The number of methoxy groups -OCH3 is 2. The van der Waals surface area contributed by atoms with Crippen LogP contribution in [0.3, 0.4) is 0 Å². The van der Waals surface area contributed by atoms with Crippen LogP contribution >= 0.6 is 0 Å². The van der Waals surface area contributed by atoms with E-state index >= 15 is 8.78 Å². The van der Waals surface area contributed by atoms with E-state index in [-0.39, 0.29) is 40.8 Å². The summed E-state index contributed by atoms with van der Waals surface area (Å²) in [5.41, 5.74) is 0.736. The van der Waals surface area contributed by atoms with Crippen molar-refractivity contribution in [1.82, 2.24) is 34.5 Å². The summed E-state index contributed by atoms with van der Waals surface area (Å²) in [5.74, 6) is -3.96. The SMILES string of the molecule is COc1cc(C(F)(F)F)c(C(=O)Nc2cc(-c3cc(CN4CCC(F)CC4)c(CN4CCN(c5ccc(-c6cc(CN7CCC(N8CCOCC8)CC7)ccc6F)cc5NC(=O)c5cnc(OC)cc5C(F)(F)F)CC4)cc3F)ccc2N2CCN(C)CC2)cn1. The minimum Gasteiger partial charge on any atom is -0.481 e. The van der Waals surface area contributed by atoms with Crippen LogP contribution in [0.15, 0.2) is 91.3 Å². The summed E-state index contributed by atoms with van der Waals surface area (Å²) in [7, 11) is 4.30. The average Bonchev–Trinajstić information content (AvgIpc) is 1.13. The Morgan fingerprint density at radius 2 is 1.02 bits per heavy atom. The minimum atomic E-state index is -4.95. The number of nitrogens with zero attached hydrogens (tertiary/aromatic N) is 9. The van der Waals surface area contributed by atoms with Gasteiger partial charge in [0.1, 0.15) is 17.8 Å². The van der Waals surface area contributed by atoms with Crippen molar-refractivity contribution in [2.45, 2.75) is 69.9 Å². The van der Waals surface area contributed by atoms with Gasteiger partial charge in [-0.1, -0.05) is 18.2 Å². The number of morpholine rings is 1. The van der Waals surface area contributed by atoms with Crippen molar-refractivity contribution < 1.29 is 63.3 Å². The van der Waals surface area contributed by atoms with Gasteiger partial charge in [0.05, 0.1) is 72.4 Å². The maximum Gasteiger partial charge on any atom is 0.417 e. The predicted octanol–water partition coefficient (Wildman–Crippen LogP) is 11.0. The molecule has 2 amide bonds. The van der Waals surface area contributed by atoms with Crippen LogP contribution in [0.4, 0.5) is 62.3 Å². The summed E-state index contributed by atoms with van der Waals surface area (Å²) in [6.45, 7) is 11.0. The number of ether oxygens (including phenoxy) is 3. The van der Waals surface area contributed by atoms with Crippen molar-refractivity contribution >= 4 is 34.6 Å². The Labute approximate surface area is 522 Å². The number of carbonyl (C=O) groups is 2. The van der Waals surface area contributed by atoms with Gasteiger partial charge in [0, 0.05) is 140 Å². The predicted molar refractivity (Wildman–Crippen MR) is 328 cm³/mol. The fourth-order valence-electron chi connectivity index (χ4n) is 12.9. The number of halogens is 9. The molecule has 6 aromatic rings. The molecule has 16 nitrogen and oxygen atoms in total. The molecule has 0 spiro atoms. The highest BCUT2D eigenvalue weighted by atomic mass is 19.4. The highest BCUT2D eigenvalue weighted by Gasteiger charge is 2.39. The van der Waals surface area contributed by atoms with Crippen LogP contribution < -0.4 is 29.9 Å². The van der Waals surface area contributed by atoms with Crippen LogP contribution in [0, 0.1) is 11.6 Å². The van der Waals surface area contributed by atoms with Crippen molar-refractivity contribution in [3.05, 3.63) is 142 Å². The van der Waals surface area contributed by atoms with Crippen molar-refractivity contribution in [2.75, 3.05) is 147 Å². The smallest absolute Gasteiger partial charge is 0.417 e. The number of amides is 2. The summed E-state index contributed by atoms with van der Waals surface area (Å²) in [4.78, 5) is 51.1. The molecule has 5 fully saturated rings. The summed E-state index contributed by atoms with van der Waals surface area (Å²) in [6.07, 6.45) is -6.58. The van der Waals surface area contributed by atoms with Gasteiger partial charge >= 0.3 is 12.4 Å². The van der Waals surface area contributed by atoms with Gasteiger partial charge in [0.15, 0.2) is 0 Å². The number of hydrogen-bond acceptors (Lipinski definition) is 14. The Kier molecular flexibility index (Phi) is 20.1. The van der Waals surface area contributed by atoms with Gasteiger partial charge in [-0.3, -0.25) is 29.2 Å². The lowest BCUT2D eigenvalue weighted by Gasteiger charge is -2.40. The molecule has 0 bridgehead atoms. The van der Waals surface area contributed by atoms with E-state index in [4.69, 9.17) is 14.2 Å². The van der Waals surface area contributed by atoms with E-state index in [0.29, 0.717) is 138 Å². The molecule has 25 heteroatoms. The zero-order chi connectivity index (χ0) is 64.1. The van der Waals surface area contributed by atoms with Crippen molar-refractivity contribution in [2.24, 2.45) is 0 Å². The zero-order valence-corrected chi connectivity index (χ0v) is 51.0. The molecule has 91 heavy (non-hydrogen) atoms. The second kappa shape index (κ2) is 28.1. The second-order valence-corrected chi connectivity index (χ2v) is 24.0. The number of alkyl halides is 7. The van der Waals surface area contributed by atoms with Gasteiger partial charge in [0.2, 0.25) is 11.8 Å². The molecule has 11 rings (SSSR count). The summed E-state index contributed by atoms with van der Waals surface area (Å²) < 4.78 is 150. The maximum atomic E-state index is 17.1. The van der Waals surface area contributed by atoms with E-state index in [1.807, 2.05) is 16.8 Å². The van der Waals surface area contributed by atoms with E-state index in [0.717, 1.165) is 75.8 Å². The van der Waals surface area contributed by atoms with Crippen LogP contribution in [-0.4, -0.2) is 185 Å². The first kappa shape index (κ1) is 65.0. The number of piperazine rings is 2. The van der Waals surface area contributed by atoms with Gasteiger partial charge in [-0.25, -0.2) is 23.1 Å². The molecule has 4 aromatic carbocycles. The number of hydrogen-bond donors (Lipinski definition) is 2. The van der Waals surface area contributed by atoms with E-state index in [1.54, 1.807) is 54.6 Å². The van der Waals surface area contributed by atoms with Gasteiger partial charge in [-0.2, -0.15) is 26.3 Å². The van der Waals surface area contributed by atoms with Crippen LogP contribution in [0.5, 0.6) is 11.8 Å². The van der Waals surface area contributed by atoms with Crippen molar-refractivity contribution in [3.63, 3.8) is 0 Å². The summed E-state index contributed by atoms with van der Waals surface area (Å²) in [6, 6.07) is 19.9. The van der Waals surface area contributed by atoms with Gasteiger partial charge in [0.25, 0.3) is 11.8 Å². The van der Waals surface area contributed by atoms with E-state index < -0.39 is 64.2 Å². The molecule has 7 heterocycles. The molecule has 0 saturated carbocycles. The number of likely N-dealkylation sites (tertiary alicyclic amines) is 2. The Morgan fingerprint density at radius 3 is 1.54 bits per heavy atom. The lowest BCUT2D eigenvalue weighted by Crippen LogP contribution is -2.48. The molecule has 5 aliphatic rings. The molecule has 5 aliphatic heterocycles. The fourth-order valence-corrected chi connectivity index (χ4v) is 12.9. The molecule has 5 saturated heterocycles. The average molecular weight is 1270 g/mol. The molecule has 2 N–H and O–H groups in total. The molecule has 486 valence electrons. The van der Waals surface area contributed by atoms with Gasteiger partial charge < -0.3 is 39.5 Å². The van der Waals surface area contributed by atoms with E-state index in [2.05, 4.69) is 45.1 Å². The van der Waals surface area contributed by atoms with Crippen LogP contribution in [-0.2, 0) is 36.7 Å². The molecule has 2 aromatic heterocycles. The third kappa shape index (κ3) is 15.5. The first-order chi connectivity index (χ1) is 43.7. The highest BCUT2D eigenvalue weighted by Crippen LogP contribution is 2.41. The zero-order valence-electron chi connectivity index (χ0n) is 51.0. The number of pyridine rings is 2. The molecule has 0 atom stereocenters. The third-order valence-corrected chi connectivity index (χ3v) is 18.1. The number of carbonyl (C=O) groups excluding carboxylic acids is 2. The Bertz CT molecular complexity index is 3560. The fraction of sp³-hybridized carbons (Fsp3) is 0.455. The number of nitrogens with one attached hydrogen (secondary N) is 2. The van der Waals surface area contributed by atoms with Crippen LogP contribution in [0.2, 0.25) is 0 Å². The third-order valence-electron chi connectivity index (χ3n) is 18.1.